The van der Waals surface area contributed by atoms with Crippen LogP contribution in [0.2, 0.25) is 0 Å². The van der Waals surface area contributed by atoms with E-state index >= 15 is 0 Å². The minimum absolute atomic E-state index is 0.0462. The molecule has 0 bridgehead atoms. The monoisotopic (exact) mass is 465 g/mol. The summed E-state index contributed by atoms with van der Waals surface area (Å²) in [6.45, 7) is 5.47. The molecule has 33 heavy (non-hydrogen) atoms. The van der Waals surface area contributed by atoms with Crippen LogP contribution in [0.4, 0.5) is 10.7 Å². The van der Waals surface area contributed by atoms with Crippen molar-refractivity contribution in [1.82, 2.24) is 0 Å². The summed E-state index contributed by atoms with van der Waals surface area (Å²) in [5.41, 5.74) is 1.30. The second-order valence-electron chi connectivity index (χ2n) is 6.84. The van der Waals surface area contributed by atoms with Gasteiger partial charge in [0.15, 0.2) is 0 Å². The van der Waals surface area contributed by atoms with Crippen LogP contribution >= 0.6 is 11.3 Å². The van der Waals surface area contributed by atoms with Gasteiger partial charge >= 0.3 is 5.97 Å². The van der Waals surface area contributed by atoms with Crippen molar-refractivity contribution in [3.63, 3.8) is 0 Å². The molecule has 0 aliphatic rings. The van der Waals surface area contributed by atoms with Crippen LogP contribution < -0.4 is 5.32 Å². The van der Waals surface area contributed by atoms with Crippen molar-refractivity contribution in [1.29, 1.82) is 5.26 Å². The van der Waals surface area contributed by atoms with Crippen LogP contribution in [0.3, 0.4) is 0 Å². The standard InChI is InChI=1S/C23H19N3O6S/c1-4-31-23(28)20-13(2)14(3)33-22(20)25-21(27)16(12-24)11-18-9-10-19(32-18)15-5-7-17(8-6-15)26(29)30/h5-11H,4H2,1-3H3,(H,25,27)/b16-11+. The van der Waals surface area contributed by atoms with Gasteiger partial charge in [0.1, 0.15) is 28.2 Å². The lowest BCUT2D eigenvalue weighted by Gasteiger charge is -2.06. The molecule has 3 aromatic rings. The summed E-state index contributed by atoms with van der Waals surface area (Å²) in [6, 6.07) is 10.8. The average Bonchev–Trinajstić information content (AvgIpc) is 3.36. The van der Waals surface area contributed by atoms with E-state index < -0.39 is 16.8 Å². The van der Waals surface area contributed by atoms with Gasteiger partial charge in [-0.2, -0.15) is 5.26 Å². The number of benzene rings is 1. The molecule has 0 atom stereocenters. The number of carbonyl (C=O) groups excluding carboxylic acids is 2. The number of aryl methyl sites for hydroxylation is 1. The molecule has 2 aromatic heterocycles. The van der Waals surface area contributed by atoms with Gasteiger partial charge in [-0.25, -0.2) is 4.79 Å². The number of esters is 1. The summed E-state index contributed by atoms with van der Waals surface area (Å²) in [6.07, 6.45) is 1.28. The van der Waals surface area contributed by atoms with Gasteiger partial charge < -0.3 is 14.5 Å². The maximum atomic E-state index is 12.7. The van der Waals surface area contributed by atoms with E-state index in [0.29, 0.717) is 21.9 Å². The van der Waals surface area contributed by atoms with E-state index in [9.17, 15) is 25.0 Å². The van der Waals surface area contributed by atoms with Gasteiger partial charge in [0.25, 0.3) is 11.6 Å². The molecule has 0 spiro atoms. The number of nitrogens with zero attached hydrogens (tertiary/aromatic N) is 2. The zero-order valence-electron chi connectivity index (χ0n) is 18.0. The zero-order valence-corrected chi connectivity index (χ0v) is 18.8. The quantitative estimate of drug-likeness (QED) is 0.165. The summed E-state index contributed by atoms with van der Waals surface area (Å²) < 4.78 is 10.7. The zero-order chi connectivity index (χ0) is 24.1. The Morgan fingerprint density at radius 1 is 1.24 bits per heavy atom. The molecule has 10 heteroatoms. The summed E-state index contributed by atoms with van der Waals surface area (Å²) in [7, 11) is 0. The van der Waals surface area contributed by atoms with Gasteiger partial charge in [0, 0.05) is 28.6 Å². The largest absolute Gasteiger partial charge is 0.462 e. The van der Waals surface area contributed by atoms with Gasteiger partial charge in [-0.15, -0.1) is 11.3 Å². The molecule has 2 heterocycles. The van der Waals surface area contributed by atoms with Crippen LogP contribution in [0.15, 0.2) is 46.4 Å². The predicted molar refractivity (Wildman–Crippen MR) is 123 cm³/mol. The van der Waals surface area contributed by atoms with Gasteiger partial charge in [0.2, 0.25) is 0 Å². The molecule has 1 aromatic carbocycles. The molecule has 0 aliphatic heterocycles. The topological polar surface area (TPSA) is 135 Å². The molecule has 0 unspecified atom stereocenters. The molecular weight excluding hydrogens is 446 g/mol. The maximum absolute atomic E-state index is 12.7. The molecule has 1 amide bonds. The fourth-order valence-corrected chi connectivity index (χ4v) is 4.00. The van der Waals surface area contributed by atoms with Crippen molar-refractivity contribution in [2.24, 2.45) is 0 Å². The summed E-state index contributed by atoms with van der Waals surface area (Å²) in [4.78, 5) is 36.2. The molecule has 0 radical (unpaired) electrons. The van der Waals surface area contributed by atoms with E-state index in [4.69, 9.17) is 9.15 Å². The second-order valence-corrected chi connectivity index (χ2v) is 8.06. The number of rotatable bonds is 7. The lowest BCUT2D eigenvalue weighted by atomic mass is 10.1. The Morgan fingerprint density at radius 3 is 2.55 bits per heavy atom. The van der Waals surface area contributed by atoms with E-state index in [1.807, 2.05) is 13.0 Å². The Hall–Kier alpha value is -4.23. The first kappa shape index (κ1) is 23.4. The van der Waals surface area contributed by atoms with Gasteiger partial charge in [-0.05, 0) is 50.6 Å². The molecule has 0 aliphatic carbocycles. The third-order valence-corrected chi connectivity index (χ3v) is 5.86. The van der Waals surface area contributed by atoms with Crippen LogP contribution in [0.25, 0.3) is 17.4 Å². The van der Waals surface area contributed by atoms with E-state index in [1.54, 1.807) is 38.1 Å². The highest BCUT2D eigenvalue weighted by atomic mass is 32.1. The minimum atomic E-state index is -0.697. The third kappa shape index (κ3) is 5.16. The fraction of sp³-hybridized carbons (Fsp3) is 0.174. The normalized spacial score (nSPS) is 11.0. The third-order valence-electron chi connectivity index (χ3n) is 4.73. The van der Waals surface area contributed by atoms with E-state index in [1.165, 1.54) is 29.5 Å². The molecule has 1 N–H and O–H groups in total. The smallest absolute Gasteiger partial charge is 0.341 e. The van der Waals surface area contributed by atoms with E-state index in [-0.39, 0.29) is 29.2 Å². The number of anilines is 1. The van der Waals surface area contributed by atoms with Crippen LogP contribution in [0, 0.1) is 35.3 Å². The minimum Gasteiger partial charge on any atom is -0.462 e. The number of nitriles is 1. The summed E-state index contributed by atoms with van der Waals surface area (Å²) >= 11 is 1.22. The first-order valence-corrected chi connectivity index (χ1v) is 10.6. The molecular formula is C23H19N3O6S. The number of nitrogens with one attached hydrogen (secondary N) is 1. The van der Waals surface area contributed by atoms with Crippen molar-refractivity contribution in [2.75, 3.05) is 11.9 Å². The van der Waals surface area contributed by atoms with Gasteiger partial charge in [0.05, 0.1) is 17.1 Å². The molecule has 0 fully saturated rings. The summed E-state index contributed by atoms with van der Waals surface area (Å²) in [5, 5.41) is 23.2. The number of carbonyl (C=O) groups is 2. The molecule has 0 saturated heterocycles. The van der Waals surface area contributed by atoms with E-state index in [2.05, 4.69) is 5.32 Å². The van der Waals surface area contributed by atoms with Crippen molar-refractivity contribution in [2.45, 2.75) is 20.8 Å². The number of ether oxygens (including phenoxy) is 1. The van der Waals surface area contributed by atoms with Crippen molar-refractivity contribution >= 4 is 40.0 Å². The lowest BCUT2D eigenvalue weighted by molar-refractivity contribution is -0.384. The van der Waals surface area contributed by atoms with Crippen molar-refractivity contribution in [3.05, 3.63) is 73.8 Å². The second kappa shape index (κ2) is 9.93. The maximum Gasteiger partial charge on any atom is 0.341 e. The predicted octanol–water partition coefficient (Wildman–Crippen LogP) is 5.26. The molecule has 9 nitrogen and oxygen atoms in total. The van der Waals surface area contributed by atoms with Crippen molar-refractivity contribution < 1.29 is 23.7 Å². The summed E-state index contributed by atoms with van der Waals surface area (Å²) in [5.74, 6) is -0.573. The number of hydrogen-bond acceptors (Lipinski definition) is 8. The number of thiophene rings is 1. The highest BCUT2D eigenvalue weighted by Gasteiger charge is 2.23. The van der Waals surface area contributed by atoms with Gasteiger partial charge in [-0.3, -0.25) is 14.9 Å². The lowest BCUT2D eigenvalue weighted by Crippen LogP contribution is -2.16. The van der Waals surface area contributed by atoms with Crippen molar-refractivity contribution in [3.8, 4) is 17.4 Å². The first-order valence-electron chi connectivity index (χ1n) is 9.80. The van der Waals surface area contributed by atoms with Crippen LogP contribution in [0.1, 0.15) is 33.5 Å². The van der Waals surface area contributed by atoms with Crippen LogP contribution in [-0.2, 0) is 9.53 Å². The van der Waals surface area contributed by atoms with E-state index in [0.717, 1.165) is 4.88 Å². The Morgan fingerprint density at radius 2 is 1.94 bits per heavy atom. The number of nitro benzene ring substituents is 1. The Bertz CT molecular complexity index is 1290. The SMILES string of the molecule is CCOC(=O)c1c(NC(=O)/C(C#N)=C/c2ccc(-c3ccc([N+](=O)[O-])cc3)o2)sc(C)c1C. The molecule has 168 valence electrons. The highest BCUT2D eigenvalue weighted by molar-refractivity contribution is 7.16. The average molecular weight is 465 g/mol. The Labute approximate surface area is 193 Å². The molecule has 0 saturated carbocycles. The number of hydrogen-bond donors (Lipinski definition) is 1. The number of non-ortho nitro benzene ring substituents is 1. The van der Waals surface area contributed by atoms with Crippen LogP contribution in [-0.4, -0.2) is 23.4 Å². The van der Waals surface area contributed by atoms with Crippen LogP contribution in [0.5, 0.6) is 0 Å². The highest BCUT2D eigenvalue weighted by Crippen LogP contribution is 2.33. The van der Waals surface area contributed by atoms with Gasteiger partial charge in [-0.1, -0.05) is 0 Å². The number of amides is 1. The number of furan rings is 1. The Balaban J connectivity index is 1.83. The first-order chi connectivity index (χ1) is 15.7. The fourth-order valence-electron chi connectivity index (χ4n) is 2.96. The number of nitro groups is 1. The Kier molecular flexibility index (Phi) is 7.05. The molecule has 3 rings (SSSR count).